The van der Waals surface area contributed by atoms with Crippen molar-refractivity contribution in [3.05, 3.63) is 19.9 Å². The summed E-state index contributed by atoms with van der Waals surface area (Å²) < 4.78 is 6.98. The van der Waals surface area contributed by atoms with Crippen LogP contribution in [0.3, 0.4) is 0 Å². The molecule has 122 valence electrons. The molecule has 0 saturated carbocycles. The fourth-order valence-electron chi connectivity index (χ4n) is 3.27. The number of aliphatic imine (C=N–C) groups is 1. The van der Waals surface area contributed by atoms with Gasteiger partial charge in [0.1, 0.15) is 0 Å². The Morgan fingerprint density at radius 1 is 1.50 bits per heavy atom. The van der Waals surface area contributed by atoms with E-state index in [0.29, 0.717) is 5.41 Å². The molecule has 1 spiro atoms. The summed E-state index contributed by atoms with van der Waals surface area (Å²) >= 11 is 4.25. The summed E-state index contributed by atoms with van der Waals surface area (Å²) in [6.07, 6.45) is 3.47. The van der Waals surface area contributed by atoms with Gasteiger partial charge in [0.15, 0.2) is 5.96 Å². The second-order valence-corrected chi connectivity index (χ2v) is 9.23. The van der Waals surface area contributed by atoms with Crippen molar-refractivity contribution >= 4 is 39.9 Å². The monoisotopic (exact) mass is 433 g/mol. The first-order valence-corrected chi connectivity index (χ1v) is 9.95. The van der Waals surface area contributed by atoms with Crippen molar-refractivity contribution in [1.29, 1.82) is 0 Å². The molecule has 2 aliphatic heterocycles. The van der Waals surface area contributed by atoms with Crippen molar-refractivity contribution in [2.75, 3.05) is 39.4 Å². The van der Waals surface area contributed by atoms with E-state index >= 15 is 0 Å². The molecular weight excluding hydrogens is 409 g/mol. The zero-order chi connectivity index (χ0) is 15.4. The van der Waals surface area contributed by atoms with Crippen LogP contribution in [-0.4, -0.2) is 50.3 Å². The Morgan fingerprint density at radius 2 is 2.41 bits per heavy atom. The SMILES string of the molecule is CCNC(=NCCc1ccc(I)s1)N1CCC2(CCOC2)C1. The van der Waals surface area contributed by atoms with E-state index in [1.165, 1.54) is 20.6 Å². The van der Waals surface area contributed by atoms with Crippen LogP contribution in [-0.2, 0) is 11.2 Å². The third-order valence-corrected chi connectivity index (χ3v) is 6.46. The highest BCUT2D eigenvalue weighted by Crippen LogP contribution is 2.38. The molecule has 0 bridgehead atoms. The maximum atomic E-state index is 5.63. The van der Waals surface area contributed by atoms with Gasteiger partial charge in [-0.1, -0.05) is 0 Å². The lowest BCUT2D eigenvalue weighted by atomic mass is 9.87. The lowest BCUT2D eigenvalue weighted by Crippen LogP contribution is -2.41. The van der Waals surface area contributed by atoms with E-state index in [2.05, 4.69) is 51.9 Å². The van der Waals surface area contributed by atoms with Gasteiger partial charge in [0, 0.05) is 49.5 Å². The second-order valence-electron chi connectivity index (χ2n) is 6.17. The molecule has 2 aliphatic rings. The molecule has 3 heterocycles. The Kier molecular flexibility index (Phi) is 5.62. The van der Waals surface area contributed by atoms with Gasteiger partial charge in [0.05, 0.1) is 9.49 Å². The van der Waals surface area contributed by atoms with Gasteiger partial charge in [-0.2, -0.15) is 0 Å². The van der Waals surface area contributed by atoms with Crippen LogP contribution in [0.15, 0.2) is 17.1 Å². The van der Waals surface area contributed by atoms with Crippen molar-refractivity contribution in [2.45, 2.75) is 26.2 Å². The highest BCUT2D eigenvalue weighted by molar-refractivity contribution is 14.1. The molecule has 3 rings (SSSR count). The standard InChI is InChI=1S/C16H24IN3OS/c1-2-18-15(19-8-5-13-3-4-14(17)22-13)20-9-6-16(11-20)7-10-21-12-16/h3-4H,2,5-12H2,1H3,(H,18,19). The number of rotatable bonds is 4. The molecule has 2 fully saturated rings. The van der Waals surface area contributed by atoms with E-state index in [0.717, 1.165) is 51.8 Å². The summed E-state index contributed by atoms with van der Waals surface area (Å²) in [5, 5.41) is 3.46. The van der Waals surface area contributed by atoms with Crippen LogP contribution in [0.4, 0.5) is 0 Å². The summed E-state index contributed by atoms with van der Waals surface area (Å²) in [6, 6.07) is 4.40. The highest BCUT2D eigenvalue weighted by Gasteiger charge is 2.42. The third-order valence-electron chi connectivity index (χ3n) is 4.51. The molecule has 2 saturated heterocycles. The molecule has 1 unspecified atom stereocenters. The van der Waals surface area contributed by atoms with E-state index in [-0.39, 0.29) is 0 Å². The average Bonchev–Trinajstić information content (AvgIpc) is 3.22. The van der Waals surface area contributed by atoms with Crippen LogP contribution in [0.2, 0.25) is 0 Å². The Labute approximate surface area is 150 Å². The van der Waals surface area contributed by atoms with Gasteiger partial charge >= 0.3 is 0 Å². The molecule has 1 aromatic rings. The average molecular weight is 433 g/mol. The maximum absolute atomic E-state index is 5.63. The minimum Gasteiger partial charge on any atom is -0.381 e. The van der Waals surface area contributed by atoms with Crippen LogP contribution >= 0.6 is 33.9 Å². The number of nitrogens with one attached hydrogen (secondary N) is 1. The predicted molar refractivity (Wildman–Crippen MR) is 101 cm³/mol. The molecule has 22 heavy (non-hydrogen) atoms. The van der Waals surface area contributed by atoms with Crippen LogP contribution < -0.4 is 5.32 Å². The Balaban J connectivity index is 1.58. The highest BCUT2D eigenvalue weighted by atomic mass is 127. The third kappa shape index (κ3) is 3.94. The first-order chi connectivity index (χ1) is 10.7. The molecular formula is C16H24IN3OS. The lowest BCUT2D eigenvalue weighted by molar-refractivity contribution is 0.156. The zero-order valence-corrected chi connectivity index (χ0v) is 16.1. The van der Waals surface area contributed by atoms with Gasteiger partial charge in [-0.05, 0) is 54.5 Å². The fourth-order valence-corrected chi connectivity index (χ4v) is 5.02. The largest absolute Gasteiger partial charge is 0.381 e. The number of halogens is 1. The molecule has 0 radical (unpaired) electrons. The van der Waals surface area contributed by atoms with Crippen molar-refractivity contribution in [3.8, 4) is 0 Å². The molecule has 6 heteroatoms. The first kappa shape index (κ1) is 16.5. The van der Waals surface area contributed by atoms with E-state index in [1.54, 1.807) is 0 Å². The Bertz CT molecular complexity index is 525. The fraction of sp³-hybridized carbons (Fsp3) is 0.688. The smallest absolute Gasteiger partial charge is 0.193 e. The Hall–Kier alpha value is -0.340. The van der Waals surface area contributed by atoms with Crippen LogP contribution in [0.25, 0.3) is 0 Å². The molecule has 1 atom stereocenters. The van der Waals surface area contributed by atoms with Crippen LogP contribution in [0.5, 0.6) is 0 Å². The molecule has 1 aromatic heterocycles. The van der Waals surface area contributed by atoms with Crippen molar-refractivity contribution in [2.24, 2.45) is 10.4 Å². The quantitative estimate of drug-likeness (QED) is 0.451. The molecule has 0 amide bonds. The molecule has 0 aliphatic carbocycles. The predicted octanol–water partition coefficient (Wildman–Crippen LogP) is 2.97. The maximum Gasteiger partial charge on any atom is 0.193 e. The number of hydrogen-bond donors (Lipinski definition) is 1. The normalized spacial score (nSPS) is 25.4. The second kappa shape index (κ2) is 7.49. The number of guanidine groups is 1. The topological polar surface area (TPSA) is 36.9 Å². The Morgan fingerprint density at radius 3 is 3.09 bits per heavy atom. The van der Waals surface area contributed by atoms with Gasteiger partial charge in [-0.15, -0.1) is 11.3 Å². The summed E-state index contributed by atoms with van der Waals surface area (Å²) in [5.41, 5.74) is 0.389. The van der Waals surface area contributed by atoms with Gasteiger partial charge in [0.25, 0.3) is 0 Å². The van der Waals surface area contributed by atoms with E-state index in [1.807, 2.05) is 11.3 Å². The van der Waals surface area contributed by atoms with Gasteiger partial charge in [-0.25, -0.2) is 0 Å². The zero-order valence-electron chi connectivity index (χ0n) is 13.1. The van der Waals surface area contributed by atoms with Gasteiger partial charge < -0.3 is 15.0 Å². The number of hydrogen-bond acceptors (Lipinski definition) is 3. The molecule has 4 nitrogen and oxygen atoms in total. The number of nitrogens with zero attached hydrogens (tertiary/aromatic N) is 2. The lowest BCUT2D eigenvalue weighted by Gasteiger charge is -2.24. The summed E-state index contributed by atoms with van der Waals surface area (Å²) in [4.78, 5) is 8.70. The summed E-state index contributed by atoms with van der Waals surface area (Å²) in [7, 11) is 0. The van der Waals surface area contributed by atoms with Gasteiger partial charge in [-0.3, -0.25) is 4.99 Å². The minimum absolute atomic E-state index is 0.389. The van der Waals surface area contributed by atoms with Crippen molar-refractivity contribution in [3.63, 3.8) is 0 Å². The van der Waals surface area contributed by atoms with Gasteiger partial charge in [0.2, 0.25) is 0 Å². The summed E-state index contributed by atoms with van der Waals surface area (Å²) in [5.74, 6) is 1.08. The van der Waals surface area contributed by atoms with E-state index in [4.69, 9.17) is 9.73 Å². The minimum atomic E-state index is 0.389. The number of thiophene rings is 1. The number of ether oxygens (including phenoxy) is 1. The van der Waals surface area contributed by atoms with Crippen LogP contribution in [0.1, 0.15) is 24.6 Å². The van der Waals surface area contributed by atoms with E-state index < -0.39 is 0 Å². The summed E-state index contributed by atoms with van der Waals surface area (Å²) in [6.45, 7) is 7.98. The first-order valence-electron chi connectivity index (χ1n) is 8.06. The van der Waals surface area contributed by atoms with Crippen LogP contribution in [0, 0.1) is 8.30 Å². The van der Waals surface area contributed by atoms with Crippen molar-refractivity contribution in [1.82, 2.24) is 10.2 Å². The van der Waals surface area contributed by atoms with E-state index in [9.17, 15) is 0 Å². The molecule has 0 aromatic carbocycles. The number of likely N-dealkylation sites (tertiary alicyclic amines) is 1. The molecule has 1 N–H and O–H groups in total. The van der Waals surface area contributed by atoms with Crippen molar-refractivity contribution < 1.29 is 4.74 Å².